The quantitative estimate of drug-likeness (QED) is 0.196. The second kappa shape index (κ2) is 9.32. The maximum absolute atomic E-state index is 11.6. The van der Waals surface area contributed by atoms with Crippen molar-refractivity contribution in [3.05, 3.63) is 11.8 Å². The zero-order valence-corrected chi connectivity index (χ0v) is 13.3. The Labute approximate surface area is 126 Å². The van der Waals surface area contributed by atoms with Gasteiger partial charge in [-0.2, -0.15) is 5.10 Å². The summed E-state index contributed by atoms with van der Waals surface area (Å²) in [6.07, 6.45) is 8.79. The summed E-state index contributed by atoms with van der Waals surface area (Å²) in [4.78, 5) is 23.0. The molecule has 1 N–H and O–H groups in total. The van der Waals surface area contributed by atoms with Gasteiger partial charge in [-0.25, -0.2) is 4.79 Å². The van der Waals surface area contributed by atoms with Crippen LogP contribution in [0, 0.1) is 5.92 Å². The summed E-state index contributed by atoms with van der Waals surface area (Å²) in [5.74, 6) is -0.232. The first-order valence-corrected chi connectivity index (χ1v) is 7.71. The van der Waals surface area contributed by atoms with Gasteiger partial charge in [-0.1, -0.05) is 32.1 Å². The van der Waals surface area contributed by atoms with Crippen LogP contribution in [0.4, 0.5) is 0 Å². The predicted molar refractivity (Wildman–Crippen MR) is 82.8 cm³/mol. The first-order chi connectivity index (χ1) is 10.0. The predicted octanol–water partition coefficient (Wildman–Crippen LogP) is 2.96. The average molecular weight is 294 g/mol. The van der Waals surface area contributed by atoms with Crippen molar-refractivity contribution >= 4 is 17.5 Å². The number of carbonyl (C=O) groups excluding carboxylic acids is 2. The van der Waals surface area contributed by atoms with E-state index >= 15 is 0 Å². The molecule has 0 aromatic heterocycles. The summed E-state index contributed by atoms with van der Waals surface area (Å²) in [6, 6.07) is 0. The standard InChI is InChI=1S/C16H26N2O3/c1-4-21-16(20)15(13(3)19)11-17-18-12(2)10-14-8-6-5-7-9-14/h11,14,17H,4-10H2,1-3H3. The van der Waals surface area contributed by atoms with Gasteiger partial charge in [0.05, 0.1) is 6.61 Å². The Morgan fingerprint density at radius 3 is 2.48 bits per heavy atom. The van der Waals surface area contributed by atoms with Gasteiger partial charge in [-0.05, 0) is 33.1 Å². The number of esters is 1. The third-order valence-electron chi connectivity index (χ3n) is 3.65. The molecule has 118 valence electrons. The van der Waals surface area contributed by atoms with Crippen molar-refractivity contribution in [1.29, 1.82) is 0 Å². The number of hydrogen-bond donors (Lipinski definition) is 1. The molecule has 1 rings (SSSR count). The van der Waals surface area contributed by atoms with Crippen molar-refractivity contribution in [3.63, 3.8) is 0 Å². The Morgan fingerprint density at radius 1 is 1.24 bits per heavy atom. The highest BCUT2D eigenvalue weighted by atomic mass is 16.5. The number of nitrogens with zero attached hydrogens (tertiary/aromatic N) is 1. The van der Waals surface area contributed by atoms with Crippen LogP contribution in [0.2, 0.25) is 0 Å². The molecule has 1 fully saturated rings. The van der Waals surface area contributed by atoms with Crippen LogP contribution in [0.25, 0.3) is 0 Å². The topological polar surface area (TPSA) is 67.8 Å². The van der Waals surface area contributed by atoms with E-state index in [2.05, 4.69) is 10.5 Å². The Morgan fingerprint density at radius 2 is 1.90 bits per heavy atom. The van der Waals surface area contributed by atoms with Gasteiger partial charge in [-0.15, -0.1) is 0 Å². The number of ketones is 1. The molecular weight excluding hydrogens is 268 g/mol. The van der Waals surface area contributed by atoms with E-state index in [-0.39, 0.29) is 18.0 Å². The summed E-state index contributed by atoms with van der Waals surface area (Å²) in [5.41, 5.74) is 3.68. The summed E-state index contributed by atoms with van der Waals surface area (Å²) in [6.45, 7) is 5.25. The van der Waals surface area contributed by atoms with Crippen molar-refractivity contribution in [3.8, 4) is 0 Å². The van der Waals surface area contributed by atoms with E-state index in [9.17, 15) is 9.59 Å². The lowest BCUT2D eigenvalue weighted by atomic mass is 9.86. The Balaban J connectivity index is 2.52. The zero-order valence-electron chi connectivity index (χ0n) is 13.3. The van der Waals surface area contributed by atoms with Crippen LogP contribution < -0.4 is 5.43 Å². The van der Waals surface area contributed by atoms with Crippen LogP contribution >= 0.6 is 0 Å². The number of ether oxygens (including phenoxy) is 1. The van der Waals surface area contributed by atoms with Gasteiger partial charge in [0.25, 0.3) is 0 Å². The molecule has 0 radical (unpaired) electrons. The minimum Gasteiger partial charge on any atom is -0.462 e. The van der Waals surface area contributed by atoms with Crippen LogP contribution in [0.3, 0.4) is 0 Å². The average Bonchev–Trinajstić information content (AvgIpc) is 2.44. The van der Waals surface area contributed by atoms with E-state index in [0.717, 1.165) is 12.1 Å². The van der Waals surface area contributed by atoms with Crippen LogP contribution in [-0.4, -0.2) is 24.1 Å². The normalized spacial score (nSPS) is 17.5. The highest BCUT2D eigenvalue weighted by molar-refractivity contribution is 6.16. The molecule has 21 heavy (non-hydrogen) atoms. The Bertz CT molecular complexity index is 421. The van der Waals surface area contributed by atoms with Gasteiger partial charge >= 0.3 is 5.97 Å². The zero-order chi connectivity index (χ0) is 15.7. The Kier molecular flexibility index (Phi) is 7.72. The van der Waals surface area contributed by atoms with Crippen molar-refractivity contribution in [2.75, 3.05) is 6.61 Å². The second-order valence-corrected chi connectivity index (χ2v) is 5.52. The molecule has 0 saturated heterocycles. The van der Waals surface area contributed by atoms with Crippen LogP contribution in [0.15, 0.2) is 16.9 Å². The fourth-order valence-electron chi connectivity index (χ4n) is 2.57. The molecule has 5 nitrogen and oxygen atoms in total. The van der Waals surface area contributed by atoms with E-state index in [0.29, 0.717) is 5.92 Å². The number of carbonyl (C=O) groups is 2. The summed E-state index contributed by atoms with van der Waals surface area (Å²) in [7, 11) is 0. The number of Topliss-reactive ketones (excluding diaryl/α,β-unsaturated/α-hetero) is 1. The van der Waals surface area contributed by atoms with Gasteiger partial charge in [0.15, 0.2) is 5.78 Å². The lowest BCUT2D eigenvalue weighted by Gasteiger charge is -2.20. The van der Waals surface area contributed by atoms with Crippen molar-refractivity contribution in [1.82, 2.24) is 5.43 Å². The molecule has 5 heteroatoms. The minimum absolute atomic E-state index is 0.00827. The van der Waals surface area contributed by atoms with Crippen LogP contribution in [0.5, 0.6) is 0 Å². The van der Waals surface area contributed by atoms with E-state index < -0.39 is 5.97 Å². The number of hydrogen-bond acceptors (Lipinski definition) is 5. The maximum atomic E-state index is 11.6. The molecular formula is C16H26N2O3. The third-order valence-corrected chi connectivity index (χ3v) is 3.65. The number of nitrogens with one attached hydrogen (secondary N) is 1. The lowest BCUT2D eigenvalue weighted by Crippen LogP contribution is -2.17. The molecule has 0 amide bonds. The summed E-state index contributed by atoms with van der Waals surface area (Å²) in [5, 5.41) is 4.21. The Hall–Kier alpha value is -1.65. The lowest BCUT2D eigenvalue weighted by molar-refractivity contribution is -0.139. The largest absolute Gasteiger partial charge is 0.462 e. The van der Waals surface area contributed by atoms with E-state index in [1.54, 1.807) is 6.92 Å². The van der Waals surface area contributed by atoms with Gasteiger partial charge < -0.3 is 4.74 Å². The summed E-state index contributed by atoms with van der Waals surface area (Å²) >= 11 is 0. The first kappa shape index (κ1) is 17.4. The van der Waals surface area contributed by atoms with Crippen molar-refractivity contribution < 1.29 is 14.3 Å². The molecule has 1 aliphatic rings. The molecule has 0 aromatic rings. The van der Waals surface area contributed by atoms with Gasteiger partial charge in [0.1, 0.15) is 5.57 Å². The van der Waals surface area contributed by atoms with Crippen LogP contribution in [-0.2, 0) is 14.3 Å². The van der Waals surface area contributed by atoms with E-state index in [4.69, 9.17) is 4.74 Å². The molecule has 1 saturated carbocycles. The highest BCUT2D eigenvalue weighted by Gasteiger charge is 2.16. The summed E-state index contributed by atoms with van der Waals surface area (Å²) < 4.78 is 4.83. The molecule has 0 unspecified atom stereocenters. The molecule has 0 bridgehead atoms. The smallest absolute Gasteiger partial charge is 0.343 e. The van der Waals surface area contributed by atoms with Gasteiger partial charge in [0.2, 0.25) is 0 Å². The van der Waals surface area contributed by atoms with Gasteiger partial charge in [-0.3, -0.25) is 10.2 Å². The number of rotatable bonds is 7. The highest BCUT2D eigenvalue weighted by Crippen LogP contribution is 2.26. The maximum Gasteiger partial charge on any atom is 0.343 e. The van der Waals surface area contributed by atoms with Crippen molar-refractivity contribution in [2.45, 2.75) is 59.3 Å². The van der Waals surface area contributed by atoms with Crippen LogP contribution in [0.1, 0.15) is 59.3 Å². The second-order valence-electron chi connectivity index (χ2n) is 5.52. The third kappa shape index (κ3) is 6.56. The molecule has 0 heterocycles. The molecule has 0 spiro atoms. The SMILES string of the molecule is CCOC(=O)C(=CNN=C(C)CC1CCCCC1)C(C)=O. The van der Waals surface area contributed by atoms with E-state index in [1.165, 1.54) is 45.2 Å². The fraction of sp³-hybridized carbons (Fsp3) is 0.688. The fourth-order valence-corrected chi connectivity index (χ4v) is 2.57. The minimum atomic E-state index is -0.613. The van der Waals surface area contributed by atoms with E-state index in [1.807, 2.05) is 6.92 Å². The van der Waals surface area contributed by atoms with Crippen molar-refractivity contribution in [2.24, 2.45) is 11.0 Å². The molecule has 0 aliphatic heterocycles. The molecule has 1 aliphatic carbocycles. The number of hydrazone groups is 1. The molecule has 0 aromatic carbocycles. The molecule has 0 atom stereocenters. The monoisotopic (exact) mass is 294 g/mol. The van der Waals surface area contributed by atoms with Gasteiger partial charge in [0, 0.05) is 11.9 Å². The first-order valence-electron chi connectivity index (χ1n) is 7.71.